The van der Waals surface area contributed by atoms with E-state index in [2.05, 4.69) is 4.98 Å². The molecule has 2 aromatic carbocycles. The van der Waals surface area contributed by atoms with Crippen LogP contribution in [-0.4, -0.2) is 25.0 Å². The Balaban J connectivity index is 1.86. The molecule has 1 aromatic heterocycles. The van der Waals surface area contributed by atoms with Gasteiger partial charge in [0.2, 0.25) is 0 Å². The van der Waals surface area contributed by atoms with Crippen LogP contribution in [0.2, 0.25) is 5.02 Å². The number of hydrogen-bond donors (Lipinski definition) is 0. The van der Waals surface area contributed by atoms with E-state index in [-0.39, 0.29) is 37.9 Å². The van der Waals surface area contributed by atoms with E-state index in [1.165, 1.54) is 42.7 Å². The number of fused-ring (bicyclic) bond motifs is 2. The van der Waals surface area contributed by atoms with Crippen molar-refractivity contribution in [3.05, 3.63) is 87.7 Å². The van der Waals surface area contributed by atoms with Gasteiger partial charge in [-0.1, -0.05) is 29.3 Å². The smallest absolute Gasteiger partial charge is 0.339 e. The number of aromatic nitrogens is 1. The van der Waals surface area contributed by atoms with Crippen molar-refractivity contribution in [2.75, 3.05) is 0 Å². The zero-order valence-corrected chi connectivity index (χ0v) is 16.0. The molecule has 0 saturated carbocycles. The zero-order chi connectivity index (χ0) is 20.1. The highest BCUT2D eigenvalue weighted by molar-refractivity contribution is 7.87. The Bertz CT molecular complexity index is 1250. The second-order valence-corrected chi connectivity index (χ2v) is 8.18. The topological polar surface area (TPSA) is 90.4 Å². The van der Waals surface area contributed by atoms with Crippen molar-refractivity contribution >= 4 is 33.3 Å². The fraction of sp³-hybridized carbons (Fsp3) is 0.0500. The minimum atomic E-state index is -4.22. The first-order valence-electron chi connectivity index (χ1n) is 8.16. The van der Waals surface area contributed by atoms with E-state index in [0.717, 1.165) is 5.56 Å². The molecule has 0 aliphatic heterocycles. The number of aryl methyl sites for hydroxylation is 1. The summed E-state index contributed by atoms with van der Waals surface area (Å²) in [5, 5.41) is 0.0379. The molecule has 1 aliphatic carbocycles. The van der Waals surface area contributed by atoms with E-state index in [9.17, 15) is 18.0 Å². The maximum atomic E-state index is 13.0. The Labute approximate surface area is 165 Å². The fourth-order valence-corrected chi connectivity index (χ4v) is 4.17. The van der Waals surface area contributed by atoms with E-state index in [4.69, 9.17) is 15.8 Å². The lowest BCUT2D eigenvalue weighted by Gasteiger charge is -2.20. The first-order valence-corrected chi connectivity index (χ1v) is 9.95. The number of nitrogens with zero attached hydrogens (tertiary/aromatic N) is 1. The number of ketones is 2. The van der Waals surface area contributed by atoms with Gasteiger partial charge in [0.25, 0.3) is 0 Å². The molecule has 28 heavy (non-hydrogen) atoms. The average Bonchev–Trinajstić information content (AvgIpc) is 2.67. The average molecular weight is 414 g/mol. The molecule has 0 spiro atoms. The van der Waals surface area contributed by atoms with Gasteiger partial charge in [-0.25, -0.2) is 0 Å². The maximum Gasteiger partial charge on any atom is 0.339 e. The van der Waals surface area contributed by atoms with Crippen molar-refractivity contribution in [1.29, 1.82) is 0 Å². The SMILES string of the molecule is Cc1ccc(S(=O)(=O)Oc2ccc(Cl)c3c2C(=O)c2cnccc2C3=O)cc1. The molecule has 6 nitrogen and oxygen atoms in total. The minimum absolute atomic E-state index is 0.0379. The van der Waals surface area contributed by atoms with E-state index in [0.29, 0.717) is 0 Å². The first-order chi connectivity index (χ1) is 13.3. The zero-order valence-electron chi connectivity index (χ0n) is 14.5. The molecule has 8 heteroatoms. The summed E-state index contributed by atoms with van der Waals surface area (Å²) >= 11 is 6.15. The summed E-state index contributed by atoms with van der Waals surface area (Å²) in [6.45, 7) is 1.82. The number of rotatable bonds is 3. The molecule has 0 N–H and O–H groups in total. The van der Waals surface area contributed by atoms with Gasteiger partial charge in [-0.05, 0) is 37.3 Å². The quantitative estimate of drug-likeness (QED) is 0.477. The van der Waals surface area contributed by atoms with Gasteiger partial charge in [-0.2, -0.15) is 8.42 Å². The lowest BCUT2D eigenvalue weighted by Crippen LogP contribution is -2.23. The fourth-order valence-electron chi connectivity index (χ4n) is 2.99. The molecule has 0 saturated heterocycles. The molecule has 4 rings (SSSR count). The van der Waals surface area contributed by atoms with Crippen LogP contribution in [0.15, 0.2) is 59.8 Å². The van der Waals surface area contributed by atoms with Gasteiger partial charge in [0.05, 0.1) is 21.7 Å². The van der Waals surface area contributed by atoms with Gasteiger partial charge in [0.1, 0.15) is 4.90 Å². The summed E-state index contributed by atoms with van der Waals surface area (Å²) < 4.78 is 30.5. The summed E-state index contributed by atoms with van der Waals surface area (Å²) in [6.07, 6.45) is 2.66. The van der Waals surface area contributed by atoms with Crippen molar-refractivity contribution in [3.63, 3.8) is 0 Å². The molecule has 140 valence electrons. The van der Waals surface area contributed by atoms with Crippen molar-refractivity contribution in [2.24, 2.45) is 0 Å². The summed E-state index contributed by atoms with van der Waals surface area (Å²) in [4.78, 5) is 29.6. The summed E-state index contributed by atoms with van der Waals surface area (Å²) in [5.74, 6) is -1.32. The largest absolute Gasteiger partial charge is 0.378 e. The van der Waals surface area contributed by atoms with E-state index in [1.54, 1.807) is 12.1 Å². The number of benzene rings is 2. The third-order valence-corrected chi connectivity index (χ3v) is 5.95. The first kappa shape index (κ1) is 18.3. The van der Waals surface area contributed by atoms with Crippen molar-refractivity contribution in [1.82, 2.24) is 4.98 Å². The highest BCUT2D eigenvalue weighted by Crippen LogP contribution is 2.38. The van der Waals surface area contributed by atoms with Crippen LogP contribution < -0.4 is 4.18 Å². The lowest BCUT2D eigenvalue weighted by atomic mass is 9.84. The minimum Gasteiger partial charge on any atom is -0.378 e. The number of carbonyl (C=O) groups excluding carboxylic acids is 2. The van der Waals surface area contributed by atoms with Crippen LogP contribution in [0.3, 0.4) is 0 Å². The predicted molar refractivity (Wildman–Crippen MR) is 102 cm³/mol. The van der Waals surface area contributed by atoms with Crippen LogP contribution in [0.4, 0.5) is 0 Å². The standard InChI is InChI=1S/C20H12ClNO5S/c1-11-2-4-12(5-3-11)28(25,26)27-16-7-6-15(21)17-18(16)20(24)14-10-22-9-8-13(14)19(17)23/h2-10H,1H3. The van der Waals surface area contributed by atoms with Crippen molar-refractivity contribution in [3.8, 4) is 5.75 Å². The van der Waals surface area contributed by atoms with Gasteiger partial charge < -0.3 is 4.18 Å². The van der Waals surface area contributed by atoms with Crippen LogP contribution in [0.1, 0.15) is 37.4 Å². The summed E-state index contributed by atoms with van der Waals surface area (Å²) in [5.41, 5.74) is 0.844. The van der Waals surface area contributed by atoms with Gasteiger partial charge in [-0.3, -0.25) is 14.6 Å². The Morgan fingerprint density at radius 2 is 1.57 bits per heavy atom. The normalized spacial score (nSPS) is 13.1. The van der Waals surface area contributed by atoms with Gasteiger partial charge in [0.15, 0.2) is 17.3 Å². The molecular formula is C20H12ClNO5S. The van der Waals surface area contributed by atoms with E-state index < -0.39 is 21.7 Å². The van der Waals surface area contributed by atoms with Gasteiger partial charge in [0, 0.05) is 18.0 Å². The number of carbonyl (C=O) groups is 2. The van der Waals surface area contributed by atoms with E-state index >= 15 is 0 Å². The van der Waals surface area contributed by atoms with Crippen molar-refractivity contribution in [2.45, 2.75) is 11.8 Å². The second-order valence-electron chi connectivity index (χ2n) is 6.23. The Hall–Kier alpha value is -3.03. The second kappa shape index (κ2) is 6.54. The van der Waals surface area contributed by atoms with Crippen LogP contribution >= 0.6 is 11.6 Å². The molecule has 0 fully saturated rings. The number of pyridine rings is 1. The van der Waals surface area contributed by atoms with Crippen LogP contribution in [0.25, 0.3) is 0 Å². The summed E-state index contributed by atoms with van der Waals surface area (Å²) in [7, 11) is -4.22. The molecule has 0 bridgehead atoms. The summed E-state index contributed by atoms with van der Waals surface area (Å²) in [6, 6.07) is 10.1. The molecule has 0 radical (unpaired) electrons. The molecule has 0 amide bonds. The highest BCUT2D eigenvalue weighted by Gasteiger charge is 2.35. The van der Waals surface area contributed by atoms with Crippen LogP contribution in [0.5, 0.6) is 5.75 Å². The van der Waals surface area contributed by atoms with Gasteiger partial charge >= 0.3 is 10.1 Å². The molecule has 0 atom stereocenters. The molecule has 1 heterocycles. The molecule has 1 aliphatic rings. The number of halogens is 1. The third kappa shape index (κ3) is 2.89. The predicted octanol–water partition coefficient (Wildman–Crippen LogP) is 3.59. The lowest BCUT2D eigenvalue weighted by molar-refractivity contribution is 0.0977. The Morgan fingerprint density at radius 3 is 2.29 bits per heavy atom. The van der Waals surface area contributed by atoms with Crippen LogP contribution in [-0.2, 0) is 10.1 Å². The Kier molecular flexibility index (Phi) is 4.28. The highest BCUT2D eigenvalue weighted by atomic mass is 35.5. The van der Waals surface area contributed by atoms with E-state index in [1.807, 2.05) is 6.92 Å². The maximum absolute atomic E-state index is 13.0. The monoisotopic (exact) mass is 413 g/mol. The Morgan fingerprint density at radius 1 is 0.893 bits per heavy atom. The molecular weight excluding hydrogens is 402 g/mol. The molecule has 0 unspecified atom stereocenters. The third-order valence-electron chi connectivity index (χ3n) is 4.39. The van der Waals surface area contributed by atoms with Gasteiger partial charge in [-0.15, -0.1) is 0 Å². The molecule has 3 aromatic rings. The van der Waals surface area contributed by atoms with Crippen LogP contribution in [0, 0.1) is 6.92 Å². The van der Waals surface area contributed by atoms with Crippen molar-refractivity contribution < 1.29 is 22.2 Å². The number of hydrogen-bond acceptors (Lipinski definition) is 6.